The summed E-state index contributed by atoms with van der Waals surface area (Å²) in [6.07, 6.45) is 2.91. The molecule has 68 valence electrons. The summed E-state index contributed by atoms with van der Waals surface area (Å²) in [6, 6.07) is 0.218. The Kier molecular flexibility index (Phi) is 1.63. The molecular formula is C8H15N3O. The summed E-state index contributed by atoms with van der Waals surface area (Å²) in [6.45, 7) is 2.01. The molecule has 0 aromatic heterocycles. The van der Waals surface area contributed by atoms with Gasteiger partial charge in [-0.3, -0.25) is 9.69 Å². The summed E-state index contributed by atoms with van der Waals surface area (Å²) in [5, 5.41) is 0. The summed E-state index contributed by atoms with van der Waals surface area (Å²) in [5.74, 6) is -0.336. The van der Waals surface area contributed by atoms with Crippen molar-refractivity contribution in [2.75, 3.05) is 13.1 Å². The van der Waals surface area contributed by atoms with Gasteiger partial charge < -0.3 is 11.5 Å². The average molecular weight is 169 g/mol. The van der Waals surface area contributed by atoms with E-state index in [1.54, 1.807) is 0 Å². The predicted octanol–water partition coefficient (Wildman–Crippen LogP) is -0.963. The van der Waals surface area contributed by atoms with E-state index >= 15 is 0 Å². The highest BCUT2D eigenvalue weighted by atomic mass is 16.1. The molecule has 2 unspecified atom stereocenters. The first kappa shape index (κ1) is 8.01. The van der Waals surface area contributed by atoms with Crippen LogP contribution in [0.2, 0.25) is 0 Å². The zero-order valence-electron chi connectivity index (χ0n) is 7.12. The van der Waals surface area contributed by atoms with Crippen LogP contribution < -0.4 is 11.5 Å². The Bertz CT molecular complexity index is 218. The van der Waals surface area contributed by atoms with E-state index in [9.17, 15) is 4.79 Å². The largest absolute Gasteiger partial charge is 0.368 e. The number of hydrogen-bond acceptors (Lipinski definition) is 3. The van der Waals surface area contributed by atoms with E-state index in [0.717, 1.165) is 32.4 Å². The van der Waals surface area contributed by atoms with Crippen molar-refractivity contribution in [2.45, 2.75) is 30.8 Å². The van der Waals surface area contributed by atoms with Gasteiger partial charge in [0.1, 0.15) is 5.54 Å². The van der Waals surface area contributed by atoms with Gasteiger partial charge in [0.25, 0.3) is 0 Å². The first-order valence-corrected chi connectivity index (χ1v) is 4.47. The monoisotopic (exact) mass is 169 g/mol. The van der Waals surface area contributed by atoms with Gasteiger partial charge in [0.2, 0.25) is 5.91 Å². The molecular weight excluding hydrogens is 154 g/mol. The molecule has 4 nitrogen and oxygen atoms in total. The van der Waals surface area contributed by atoms with Crippen molar-refractivity contribution < 1.29 is 4.79 Å². The van der Waals surface area contributed by atoms with Crippen molar-refractivity contribution in [2.24, 2.45) is 11.5 Å². The second-order valence-electron chi connectivity index (χ2n) is 3.85. The number of primary amides is 1. The van der Waals surface area contributed by atoms with Crippen LogP contribution in [-0.2, 0) is 4.79 Å². The molecule has 0 aliphatic carbocycles. The van der Waals surface area contributed by atoms with Crippen LogP contribution >= 0.6 is 0 Å². The Labute approximate surface area is 71.9 Å². The fourth-order valence-electron chi connectivity index (χ4n) is 2.46. The van der Waals surface area contributed by atoms with Crippen LogP contribution in [0.3, 0.4) is 0 Å². The van der Waals surface area contributed by atoms with Crippen LogP contribution in [0, 0.1) is 0 Å². The van der Waals surface area contributed by atoms with Crippen LogP contribution in [0.1, 0.15) is 19.3 Å². The molecule has 0 aromatic carbocycles. The van der Waals surface area contributed by atoms with E-state index in [0.29, 0.717) is 0 Å². The summed E-state index contributed by atoms with van der Waals surface area (Å²) in [7, 11) is 0. The number of nitrogens with zero attached hydrogens (tertiary/aromatic N) is 1. The van der Waals surface area contributed by atoms with E-state index in [4.69, 9.17) is 11.5 Å². The minimum Gasteiger partial charge on any atom is -0.368 e. The highest BCUT2D eigenvalue weighted by molar-refractivity contribution is 5.86. The molecule has 4 N–H and O–H groups in total. The molecule has 2 heterocycles. The first-order chi connectivity index (χ1) is 5.64. The minimum atomic E-state index is -0.740. The molecule has 2 atom stereocenters. The van der Waals surface area contributed by atoms with Gasteiger partial charge in [-0.2, -0.15) is 0 Å². The number of rotatable bonds is 1. The highest BCUT2D eigenvalue weighted by Gasteiger charge is 2.50. The number of fused-ring (bicyclic) bond motifs is 1. The molecule has 0 aromatic rings. The van der Waals surface area contributed by atoms with E-state index < -0.39 is 5.54 Å². The van der Waals surface area contributed by atoms with Crippen molar-refractivity contribution >= 4 is 5.91 Å². The predicted molar refractivity (Wildman–Crippen MR) is 45.3 cm³/mol. The summed E-state index contributed by atoms with van der Waals surface area (Å²) < 4.78 is 0. The van der Waals surface area contributed by atoms with E-state index in [2.05, 4.69) is 4.90 Å². The third-order valence-corrected chi connectivity index (χ3v) is 3.23. The Morgan fingerprint density at radius 3 is 2.92 bits per heavy atom. The number of hydrogen-bond donors (Lipinski definition) is 2. The van der Waals surface area contributed by atoms with Crippen LogP contribution in [0.25, 0.3) is 0 Å². The van der Waals surface area contributed by atoms with E-state index in [1.807, 2.05) is 0 Å². The molecule has 2 aliphatic heterocycles. The lowest BCUT2D eigenvalue weighted by atomic mass is 9.89. The van der Waals surface area contributed by atoms with E-state index in [1.165, 1.54) is 0 Å². The van der Waals surface area contributed by atoms with Crippen LogP contribution in [0.5, 0.6) is 0 Å². The summed E-state index contributed by atoms with van der Waals surface area (Å²) >= 11 is 0. The first-order valence-electron chi connectivity index (χ1n) is 4.47. The second-order valence-corrected chi connectivity index (χ2v) is 3.85. The number of carbonyl (C=O) groups is 1. The molecule has 1 amide bonds. The Morgan fingerprint density at radius 2 is 2.25 bits per heavy atom. The Hall–Kier alpha value is -0.610. The van der Waals surface area contributed by atoms with Gasteiger partial charge in [0, 0.05) is 12.6 Å². The molecule has 0 saturated carbocycles. The molecule has 0 spiro atoms. The zero-order valence-corrected chi connectivity index (χ0v) is 7.12. The van der Waals surface area contributed by atoms with Gasteiger partial charge in [-0.25, -0.2) is 0 Å². The third-order valence-electron chi connectivity index (χ3n) is 3.23. The normalized spacial score (nSPS) is 41.6. The van der Waals surface area contributed by atoms with Crippen LogP contribution in [0.4, 0.5) is 0 Å². The molecule has 2 rings (SSSR count). The topological polar surface area (TPSA) is 72.3 Å². The highest BCUT2D eigenvalue weighted by Crippen LogP contribution is 2.33. The van der Waals surface area contributed by atoms with Crippen molar-refractivity contribution in [3.05, 3.63) is 0 Å². The van der Waals surface area contributed by atoms with Gasteiger partial charge in [0.05, 0.1) is 0 Å². The SMILES string of the molecule is NC(=O)C1(N)CCN2CCCC21. The number of nitrogens with two attached hydrogens (primary N) is 2. The lowest BCUT2D eigenvalue weighted by Crippen LogP contribution is -2.58. The van der Waals surface area contributed by atoms with Crippen LogP contribution in [0.15, 0.2) is 0 Å². The number of carbonyl (C=O) groups excluding carboxylic acids is 1. The smallest absolute Gasteiger partial charge is 0.239 e. The van der Waals surface area contributed by atoms with Gasteiger partial charge >= 0.3 is 0 Å². The van der Waals surface area contributed by atoms with Crippen molar-refractivity contribution in [3.8, 4) is 0 Å². The maximum atomic E-state index is 11.1. The fourth-order valence-corrected chi connectivity index (χ4v) is 2.46. The van der Waals surface area contributed by atoms with Gasteiger partial charge in [-0.15, -0.1) is 0 Å². The third kappa shape index (κ3) is 0.881. The molecule has 4 heteroatoms. The van der Waals surface area contributed by atoms with Crippen molar-refractivity contribution in [3.63, 3.8) is 0 Å². The fraction of sp³-hybridized carbons (Fsp3) is 0.875. The quantitative estimate of drug-likeness (QED) is 0.531. The zero-order chi connectivity index (χ0) is 8.77. The minimum absolute atomic E-state index is 0.218. The lowest BCUT2D eigenvalue weighted by molar-refractivity contribution is -0.123. The maximum Gasteiger partial charge on any atom is 0.239 e. The molecule has 0 bridgehead atoms. The molecule has 12 heavy (non-hydrogen) atoms. The standard InChI is InChI=1S/C8H15N3O/c9-7(12)8(10)3-5-11-4-1-2-6(8)11/h6H,1-5,10H2,(H2,9,12). The van der Waals surface area contributed by atoms with Crippen LogP contribution in [-0.4, -0.2) is 35.5 Å². The Morgan fingerprint density at radius 1 is 1.50 bits per heavy atom. The summed E-state index contributed by atoms with van der Waals surface area (Å²) in [4.78, 5) is 13.4. The van der Waals surface area contributed by atoms with Crippen molar-refractivity contribution in [1.29, 1.82) is 0 Å². The second kappa shape index (κ2) is 2.44. The van der Waals surface area contributed by atoms with Crippen molar-refractivity contribution in [1.82, 2.24) is 4.90 Å². The maximum absolute atomic E-state index is 11.1. The van der Waals surface area contributed by atoms with Gasteiger partial charge in [-0.1, -0.05) is 0 Å². The summed E-state index contributed by atoms with van der Waals surface area (Å²) in [5.41, 5.74) is 10.5. The molecule has 2 aliphatic rings. The molecule has 2 saturated heterocycles. The lowest BCUT2D eigenvalue weighted by Gasteiger charge is -2.27. The Balaban J connectivity index is 2.22. The molecule has 0 radical (unpaired) electrons. The average Bonchev–Trinajstić information content (AvgIpc) is 2.54. The number of amides is 1. The van der Waals surface area contributed by atoms with Gasteiger partial charge in [-0.05, 0) is 25.8 Å². The van der Waals surface area contributed by atoms with E-state index in [-0.39, 0.29) is 11.9 Å². The molecule has 2 fully saturated rings. The van der Waals surface area contributed by atoms with Gasteiger partial charge in [0.15, 0.2) is 0 Å².